The minimum atomic E-state index is -3.78. The van der Waals surface area contributed by atoms with Crippen LogP contribution in [0.4, 0.5) is 0 Å². The number of aliphatic hydroxyl groups excluding tert-OH is 1. The minimum absolute atomic E-state index is 0.00208. The molecule has 0 aliphatic heterocycles. The lowest BCUT2D eigenvalue weighted by Crippen LogP contribution is -2.36. The van der Waals surface area contributed by atoms with E-state index in [1.807, 2.05) is 0 Å². The van der Waals surface area contributed by atoms with Gasteiger partial charge in [0.25, 0.3) is 0 Å². The van der Waals surface area contributed by atoms with E-state index in [4.69, 9.17) is 10.2 Å². The van der Waals surface area contributed by atoms with Gasteiger partial charge in [0.15, 0.2) is 0 Å². The van der Waals surface area contributed by atoms with Crippen molar-refractivity contribution in [3.63, 3.8) is 0 Å². The predicted molar refractivity (Wildman–Crippen MR) is 72.1 cm³/mol. The van der Waals surface area contributed by atoms with Crippen LogP contribution >= 0.6 is 0 Å². The Morgan fingerprint density at radius 2 is 2.05 bits per heavy atom. The summed E-state index contributed by atoms with van der Waals surface area (Å²) in [5.41, 5.74) is 0.203. The molecule has 0 spiro atoms. The smallest absolute Gasteiger partial charge is 0.335 e. The molecule has 1 aliphatic rings. The van der Waals surface area contributed by atoms with Crippen molar-refractivity contribution in [1.29, 1.82) is 0 Å². The highest BCUT2D eigenvalue weighted by molar-refractivity contribution is 7.89. The van der Waals surface area contributed by atoms with Crippen molar-refractivity contribution in [2.24, 2.45) is 0 Å². The molecule has 1 fully saturated rings. The Hall–Kier alpha value is -1.44. The lowest BCUT2D eigenvalue weighted by molar-refractivity contribution is 0.0695. The summed E-state index contributed by atoms with van der Waals surface area (Å²) in [7, 11) is -3.78. The molecule has 110 valence electrons. The molecule has 0 aromatic heterocycles. The van der Waals surface area contributed by atoms with Gasteiger partial charge in [-0.15, -0.1) is 0 Å². The normalized spacial score (nSPS) is 15.6. The van der Waals surface area contributed by atoms with Crippen molar-refractivity contribution < 1.29 is 23.4 Å². The summed E-state index contributed by atoms with van der Waals surface area (Å²) < 4.78 is 26.5. The molecule has 0 bridgehead atoms. The van der Waals surface area contributed by atoms with Crippen LogP contribution in [-0.4, -0.2) is 48.1 Å². The zero-order valence-electron chi connectivity index (χ0n) is 11.1. The molecule has 0 heterocycles. The third kappa shape index (κ3) is 2.70. The van der Waals surface area contributed by atoms with Gasteiger partial charge < -0.3 is 10.2 Å². The van der Waals surface area contributed by atoms with Gasteiger partial charge in [0.05, 0.1) is 17.1 Å². The molecule has 20 heavy (non-hydrogen) atoms. The Morgan fingerprint density at radius 1 is 1.40 bits per heavy atom. The number of aromatic carboxylic acids is 1. The predicted octanol–water partition coefficient (Wildman–Crippen LogP) is 0.839. The number of carboxylic acid groups (broad SMARTS) is 1. The molecule has 1 saturated carbocycles. The van der Waals surface area contributed by atoms with E-state index in [2.05, 4.69) is 0 Å². The summed E-state index contributed by atoms with van der Waals surface area (Å²) in [4.78, 5) is 11.1. The molecule has 0 radical (unpaired) electrons. The summed E-state index contributed by atoms with van der Waals surface area (Å²) >= 11 is 0. The van der Waals surface area contributed by atoms with Crippen LogP contribution < -0.4 is 0 Å². The van der Waals surface area contributed by atoms with Crippen LogP contribution in [0.1, 0.15) is 28.8 Å². The monoisotopic (exact) mass is 299 g/mol. The third-order valence-corrected chi connectivity index (χ3v) is 5.47. The Bertz CT molecular complexity index is 622. The van der Waals surface area contributed by atoms with Crippen LogP contribution in [0.2, 0.25) is 0 Å². The molecule has 1 aliphatic carbocycles. The number of benzene rings is 1. The highest BCUT2D eigenvalue weighted by Gasteiger charge is 2.38. The molecule has 6 nitrogen and oxygen atoms in total. The average molecular weight is 299 g/mol. The minimum Gasteiger partial charge on any atom is -0.478 e. The molecular formula is C13H17NO5S. The number of rotatable bonds is 6. The van der Waals surface area contributed by atoms with Crippen LogP contribution in [-0.2, 0) is 10.0 Å². The van der Waals surface area contributed by atoms with E-state index in [0.717, 1.165) is 12.8 Å². The Kier molecular flexibility index (Phi) is 4.12. The summed E-state index contributed by atoms with van der Waals surface area (Å²) in [6.45, 7) is 1.26. The van der Waals surface area contributed by atoms with Crippen LogP contribution in [0.15, 0.2) is 23.1 Å². The number of hydrogen-bond acceptors (Lipinski definition) is 4. The van der Waals surface area contributed by atoms with Gasteiger partial charge >= 0.3 is 5.97 Å². The fourth-order valence-electron chi connectivity index (χ4n) is 2.21. The maximum absolute atomic E-state index is 12.6. The first kappa shape index (κ1) is 15.0. The SMILES string of the molecule is Cc1c(C(=O)O)cccc1S(=O)(=O)N(CCO)C1CC1. The Labute approximate surface area is 117 Å². The van der Waals surface area contributed by atoms with Crippen molar-refractivity contribution in [2.45, 2.75) is 30.7 Å². The van der Waals surface area contributed by atoms with Crippen LogP contribution in [0, 0.1) is 6.92 Å². The zero-order valence-corrected chi connectivity index (χ0v) is 11.9. The van der Waals surface area contributed by atoms with Gasteiger partial charge in [0.1, 0.15) is 0 Å². The van der Waals surface area contributed by atoms with Gasteiger partial charge in [0, 0.05) is 12.6 Å². The van der Waals surface area contributed by atoms with E-state index in [9.17, 15) is 13.2 Å². The van der Waals surface area contributed by atoms with Crippen LogP contribution in [0.5, 0.6) is 0 Å². The van der Waals surface area contributed by atoms with E-state index < -0.39 is 16.0 Å². The third-order valence-electron chi connectivity index (χ3n) is 3.38. The molecule has 0 atom stereocenters. The lowest BCUT2D eigenvalue weighted by Gasteiger charge is -2.22. The molecule has 1 aromatic carbocycles. The van der Waals surface area contributed by atoms with Crippen molar-refractivity contribution in [3.8, 4) is 0 Å². The van der Waals surface area contributed by atoms with Crippen molar-refractivity contribution in [3.05, 3.63) is 29.3 Å². The van der Waals surface area contributed by atoms with Gasteiger partial charge in [-0.2, -0.15) is 4.31 Å². The second-order valence-electron chi connectivity index (χ2n) is 4.80. The highest BCUT2D eigenvalue weighted by atomic mass is 32.2. The van der Waals surface area contributed by atoms with Crippen molar-refractivity contribution >= 4 is 16.0 Å². The summed E-state index contributed by atoms with van der Waals surface area (Å²) in [5.74, 6) is -1.15. The molecular weight excluding hydrogens is 282 g/mol. The first-order valence-electron chi connectivity index (χ1n) is 6.35. The summed E-state index contributed by atoms with van der Waals surface area (Å²) in [6, 6.07) is 4.13. The van der Waals surface area contributed by atoms with E-state index in [0.29, 0.717) is 0 Å². The topological polar surface area (TPSA) is 94.9 Å². The maximum Gasteiger partial charge on any atom is 0.335 e. The van der Waals surface area contributed by atoms with E-state index >= 15 is 0 Å². The first-order chi connectivity index (χ1) is 9.39. The van der Waals surface area contributed by atoms with Gasteiger partial charge in [-0.1, -0.05) is 6.07 Å². The molecule has 2 rings (SSSR count). The van der Waals surface area contributed by atoms with Crippen LogP contribution in [0.3, 0.4) is 0 Å². The maximum atomic E-state index is 12.6. The fraction of sp³-hybridized carbons (Fsp3) is 0.462. The number of hydrogen-bond donors (Lipinski definition) is 2. The van der Waals surface area contributed by atoms with Gasteiger partial charge in [-0.25, -0.2) is 13.2 Å². The highest BCUT2D eigenvalue weighted by Crippen LogP contribution is 2.33. The average Bonchev–Trinajstić information content (AvgIpc) is 3.19. The number of carbonyl (C=O) groups is 1. The van der Waals surface area contributed by atoms with Gasteiger partial charge in [-0.3, -0.25) is 0 Å². The van der Waals surface area contributed by atoms with Crippen molar-refractivity contribution in [2.75, 3.05) is 13.2 Å². The van der Waals surface area contributed by atoms with Gasteiger partial charge in [-0.05, 0) is 37.5 Å². The summed E-state index contributed by atoms with van der Waals surface area (Å²) in [5, 5.41) is 18.1. The van der Waals surface area contributed by atoms with Gasteiger partial charge in [0.2, 0.25) is 10.0 Å². The van der Waals surface area contributed by atoms with E-state index in [1.54, 1.807) is 0 Å². The second-order valence-corrected chi connectivity index (χ2v) is 6.66. The largest absolute Gasteiger partial charge is 0.478 e. The molecule has 0 unspecified atom stereocenters. The molecule has 2 N–H and O–H groups in total. The Balaban J connectivity index is 2.48. The van der Waals surface area contributed by atoms with Crippen LogP contribution in [0.25, 0.3) is 0 Å². The molecule has 0 saturated heterocycles. The number of sulfonamides is 1. The van der Waals surface area contributed by atoms with E-state index in [1.165, 1.54) is 29.4 Å². The number of aliphatic hydroxyl groups is 1. The first-order valence-corrected chi connectivity index (χ1v) is 7.79. The standard InChI is InChI=1S/C13H17NO5S/c1-9-11(13(16)17)3-2-4-12(9)20(18,19)14(7-8-15)10-5-6-10/h2-4,10,15H,5-8H2,1H3,(H,16,17). The second kappa shape index (κ2) is 5.51. The number of nitrogens with zero attached hydrogens (tertiary/aromatic N) is 1. The Morgan fingerprint density at radius 3 is 2.55 bits per heavy atom. The van der Waals surface area contributed by atoms with E-state index in [-0.39, 0.29) is 35.2 Å². The number of carboxylic acids is 1. The van der Waals surface area contributed by atoms with Crippen molar-refractivity contribution in [1.82, 2.24) is 4.31 Å². The fourth-order valence-corrected chi connectivity index (χ4v) is 4.14. The zero-order chi connectivity index (χ0) is 14.9. The quantitative estimate of drug-likeness (QED) is 0.811. The molecule has 0 amide bonds. The lowest BCUT2D eigenvalue weighted by atomic mass is 10.1. The molecule has 1 aromatic rings. The molecule has 7 heteroatoms. The summed E-state index contributed by atoms with van der Waals surface area (Å²) in [6.07, 6.45) is 1.55.